The number of benzene rings is 9. The molecular weight excluding hydrogens is 671 g/mol. The van der Waals surface area contributed by atoms with Crippen molar-refractivity contribution in [3.05, 3.63) is 212 Å². The van der Waals surface area contributed by atoms with Crippen LogP contribution >= 0.6 is 11.3 Å². The summed E-state index contributed by atoms with van der Waals surface area (Å²) in [6.07, 6.45) is 0. The predicted molar refractivity (Wildman–Crippen MR) is 233 cm³/mol. The molecule has 0 aliphatic rings. The highest BCUT2D eigenvalue weighted by atomic mass is 32.1. The van der Waals surface area contributed by atoms with Crippen LogP contribution in [0.5, 0.6) is 0 Å². The molecule has 254 valence electrons. The van der Waals surface area contributed by atoms with Gasteiger partial charge < -0.3 is 4.90 Å². The molecule has 0 aliphatic carbocycles. The zero-order chi connectivity index (χ0) is 35.8. The minimum atomic E-state index is 1.12. The lowest BCUT2D eigenvalue weighted by Gasteiger charge is -2.26. The molecule has 0 unspecified atom stereocenters. The largest absolute Gasteiger partial charge is 0.309 e. The second-order valence-corrected chi connectivity index (χ2v) is 14.8. The summed E-state index contributed by atoms with van der Waals surface area (Å²) in [7, 11) is 0. The number of rotatable bonds is 7. The zero-order valence-corrected chi connectivity index (χ0v) is 30.4. The Balaban J connectivity index is 0.989. The van der Waals surface area contributed by atoms with Gasteiger partial charge in [0.05, 0.1) is 10.4 Å². The van der Waals surface area contributed by atoms with E-state index in [2.05, 4.69) is 217 Å². The molecule has 0 radical (unpaired) electrons. The van der Waals surface area contributed by atoms with E-state index in [-0.39, 0.29) is 0 Å². The van der Waals surface area contributed by atoms with Crippen LogP contribution in [0.1, 0.15) is 0 Å². The summed E-state index contributed by atoms with van der Waals surface area (Å²) in [6, 6.07) is 77.0. The van der Waals surface area contributed by atoms with Gasteiger partial charge in [-0.2, -0.15) is 0 Å². The number of hydrogen-bond acceptors (Lipinski definition) is 2. The molecule has 1 aromatic heterocycles. The molecule has 1 nitrogen and oxygen atoms in total. The lowest BCUT2D eigenvalue weighted by molar-refractivity contribution is 1.30. The first-order chi connectivity index (χ1) is 26.7. The third kappa shape index (κ3) is 5.93. The second-order valence-electron chi connectivity index (χ2n) is 13.8. The third-order valence-electron chi connectivity index (χ3n) is 10.5. The van der Waals surface area contributed by atoms with Crippen LogP contribution in [0, 0.1) is 0 Å². The summed E-state index contributed by atoms with van der Waals surface area (Å²) in [4.78, 5) is 2.41. The van der Waals surface area contributed by atoms with E-state index in [1.54, 1.807) is 0 Å². The van der Waals surface area contributed by atoms with Crippen LogP contribution in [0.3, 0.4) is 0 Å². The summed E-state index contributed by atoms with van der Waals surface area (Å²) in [5.74, 6) is 0. The Hall–Kier alpha value is -6.74. The minimum absolute atomic E-state index is 1.12. The van der Waals surface area contributed by atoms with Gasteiger partial charge in [-0.25, -0.2) is 0 Å². The first kappa shape index (κ1) is 32.0. The van der Waals surface area contributed by atoms with Crippen LogP contribution in [-0.4, -0.2) is 0 Å². The van der Waals surface area contributed by atoms with E-state index in [0.717, 1.165) is 11.4 Å². The molecule has 0 fully saturated rings. The molecule has 1 heterocycles. The van der Waals surface area contributed by atoms with Crippen molar-refractivity contribution in [3.63, 3.8) is 0 Å². The summed E-state index contributed by atoms with van der Waals surface area (Å²) < 4.78 is 2.59. The van der Waals surface area contributed by atoms with E-state index in [0.29, 0.717) is 0 Å². The topological polar surface area (TPSA) is 3.24 Å². The molecule has 0 aliphatic heterocycles. The Bertz CT molecular complexity index is 2890. The highest BCUT2D eigenvalue weighted by molar-refractivity contribution is 7.26. The normalized spacial score (nSPS) is 11.3. The molecule has 10 rings (SSSR count). The fraction of sp³-hybridized carbons (Fsp3) is 0. The van der Waals surface area contributed by atoms with Gasteiger partial charge in [-0.05, 0) is 104 Å². The molecule has 2 heteroatoms. The molecule has 0 amide bonds. The van der Waals surface area contributed by atoms with Gasteiger partial charge in [0.25, 0.3) is 0 Å². The van der Waals surface area contributed by atoms with Gasteiger partial charge in [0.1, 0.15) is 0 Å². The Morgan fingerprint density at radius 1 is 0.296 bits per heavy atom. The Morgan fingerprint density at radius 3 is 1.24 bits per heavy atom. The van der Waals surface area contributed by atoms with Crippen LogP contribution in [0.4, 0.5) is 17.1 Å². The maximum Gasteiger partial charge on any atom is 0.0640 e. The molecule has 9 aromatic carbocycles. The molecular formula is C52H35NS. The Labute approximate surface area is 319 Å². The van der Waals surface area contributed by atoms with Gasteiger partial charge in [-0.1, -0.05) is 164 Å². The predicted octanol–water partition coefficient (Wildman–Crippen LogP) is 15.3. The number of nitrogens with zero attached hydrogens (tertiary/aromatic N) is 1. The van der Waals surface area contributed by atoms with Gasteiger partial charge in [-0.15, -0.1) is 11.3 Å². The van der Waals surface area contributed by atoms with Crippen molar-refractivity contribution in [1.29, 1.82) is 0 Å². The summed E-state index contributed by atoms with van der Waals surface area (Å²) in [5, 5.41) is 5.07. The van der Waals surface area contributed by atoms with E-state index >= 15 is 0 Å². The smallest absolute Gasteiger partial charge is 0.0640 e. The van der Waals surface area contributed by atoms with Crippen molar-refractivity contribution < 1.29 is 0 Å². The van der Waals surface area contributed by atoms with Crippen molar-refractivity contribution in [1.82, 2.24) is 0 Å². The molecule has 0 spiro atoms. The van der Waals surface area contributed by atoms with E-state index in [9.17, 15) is 0 Å². The van der Waals surface area contributed by atoms with Crippen molar-refractivity contribution in [3.8, 4) is 44.5 Å². The fourth-order valence-electron chi connectivity index (χ4n) is 7.66. The van der Waals surface area contributed by atoms with Gasteiger partial charge in [-0.3, -0.25) is 0 Å². The average Bonchev–Trinajstić information content (AvgIpc) is 3.64. The number of fused-ring (bicyclic) bond motifs is 4. The molecule has 0 N–H and O–H groups in total. The minimum Gasteiger partial charge on any atom is -0.309 e. The highest BCUT2D eigenvalue weighted by Crippen LogP contribution is 2.45. The zero-order valence-electron chi connectivity index (χ0n) is 29.6. The molecule has 0 saturated carbocycles. The third-order valence-corrected chi connectivity index (χ3v) is 11.7. The van der Waals surface area contributed by atoms with Crippen LogP contribution < -0.4 is 4.90 Å². The monoisotopic (exact) mass is 705 g/mol. The molecule has 54 heavy (non-hydrogen) atoms. The Morgan fingerprint density at radius 2 is 0.704 bits per heavy atom. The van der Waals surface area contributed by atoms with Gasteiger partial charge >= 0.3 is 0 Å². The first-order valence-corrected chi connectivity index (χ1v) is 19.2. The average molecular weight is 706 g/mol. The Kier molecular flexibility index (Phi) is 8.09. The van der Waals surface area contributed by atoms with Gasteiger partial charge in [0, 0.05) is 26.8 Å². The molecule has 0 bridgehead atoms. The second kappa shape index (κ2) is 13.7. The highest BCUT2D eigenvalue weighted by Gasteiger charge is 2.18. The maximum atomic E-state index is 2.41. The molecule has 10 aromatic rings. The quantitative estimate of drug-likeness (QED) is 0.160. The fourth-order valence-corrected chi connectivity index (χ4v) is 8.87. The number of anilines is 3. The van der Waals surface area contributed by atoms with Crippen LogP contribution in [0.15, 0.2) is 212 Å². The molecule has 0 saturated heterocycles. The number of thiophene rings is 1. The van der Waals surface area contributed by atoms with Crippen LogP contribution in [0.2, 0.25) is 0 Å². The van der Waals surface area contributed by atoms with Crippen molar-refractivity contribution >= 4 is 59.3 Å². The van der Waals surface area contributed by atoms with Crippen molar-refractivity contribution in [2.75, 3.05) is 4.90 Å². The van der Waals surface area contributed by atoms with E-state index in [1.807, 2.05) is 11.3 Å². The maximum absolute atomic E-state index is 2.41. The van der Waals surface area contributed by atoms with E-state index in [4.69, 9.17) is 0 Å². The SMILES string of the molecule is c1ccc(-c2ccc(-c3ccc4cc(-c5ccc(N(c6ccc(-c7ccccc7)cc6)c6cccc7c6sc6ccccc67)cc5)ccc4c3)cc2)cc1. The first-order valence-electron chi connectivity index (χ1n) is 18.4. The van der Waals surface area contributed by atoms with Crippen LogP contribution in [0.25, 0.3) is 75.5 Å². The standard InChI is InChI=1S/C52H35NS/c1-3-10-36(11-4-1)38-18-20-40(21-19-38)42-22-24-45-35-43(23-25-44(45)34-42)41-28-32-47(33-29-41)53(46-30-26-39(27-31-46)37-12-5-2-6-13-37)50-16-9-15-49-48-14-7-8-17-51(48)54-52(49)50/h1-35H. The summed E-state index contributed by atoms with van der Waals surface area (Å²) in [6.45, 7) is 0. The van der Waals surface area contributed by atoms with Crippen LogP contribution in [-0.2, 0) is 0 Å². The van der Waals surface area contributed by atoms with E-state index < -0.39 is 0 Å². The molecule has 0 atom stereocenters. The number of hydrogen-bond donors (Lipinski definition) is 0. The van der Waals surface area contributed by atoms with Gasteiger partial charge in [0.15, 0.2) is 0 Å². The van der Waals surface area contributed by atoms with E-state index in [1.165, 1.54) is 81.1 Å². The lowest BCUT2D eigenvalue weighted by atomic mass is 9.96. The van der Waals surface area contributed by atoms with Crippen molar-refractivity contribution in [2.45, 2.75) is 0 Å². The summed E-state index contributed by atoms with van der Waals surface area (Å²) >= 11 is 1.86. The lowest BCUT2D eigenvalue weighted by Crippen LogP contribution is -2.10. The summed E-state index contributed by atoms with van der Waals surface area (Å²) in [5.41, 5.74) is 13.2. The van der Waals surface area contributed by atoms with Gasteiger partial charge in [0.2, 0.25) is 0 Å². The van der Waals surface area contributed by atoms with Crippen molar-refractivity contribution in [2.24, 2.45) is 0 Å².